The second-order valence-electron chi connectivity index (χ2n) is 5.09. The first kappa shape index (κ1) is 20.0. The van der Waals surface area contributed by atoms with Crippen LogP contribution in [0, 0.1) is 0 Å². The zero-order valence-electron chi connectivity index (χ0n) is 13.0. The van der Waals surface area contributed by atoms with Gasteiger partial charge in [0.05, 0.1) is 4.90 Å². The van der Waals surface area contributed by atoms with Crippen LogP contribution in [0.3, 0.4) is 0 Å². The average molecular weight is 414 g/mol. The zero-order valence-corrected chi connectivity index (χ0v) is 15.5. The van der Waals surface area contributed by atoms with Crippen molar-refractivity contribution in [1.29, 1.82) is 0 Å². The Hall–Kier alpha value is -2.31. The second kappa shape index (κ2) is 7.51. The predicted octanol–water partition coefficient (Wildman–Crippen LogP) is 2.01. The Morgan fingerprint density at radius 2 is 1.58 bits per heavy atom. The smallest absolute Gasteiger partial charge is 0.295 e. The van der Waals surface area contributed by atoms with Crippen LogP contribution >= 0.6 is 12.2 Å². The molecule has 2 aromatic rings. The van der Waals surface area contributed by atoms with E-state index in [1.165, 1.54) is 54.6 Å². The van der Waals surface area contributed by atoms with E-state index in [1.807, 2.05) is 0 Å². The molecule has 26 heavy (non-hydrogen) atoms. The molecule has 0 spiro atoms. The molecule has 0 unspecified atom stereocenters. The summed E-state index contributed by atoms with van der Waals surface area (Å²) in [4.78, 5) is -0.619. The van der Waals surface area contributed by atoms with Gasteiger partial charge in [0.1, 0.15) is 4.90 Å². The first-order valence-corrected chi connectivity index (χ1v) is 10.2. The van der Waals surface area contributed by atoms with Gasteiger partial charge in [0.25, 0.3) is 20.2 Å². The third-order valence-corrected chi connectivity index (χ3v) is 5.07. The Bertz CT molecular complexity index is 1070. The van der Waals surface area contributed by atoms with Crippen LogP contribution in [0.15, 0.2) is 52.3 Å². The minimum absolute atomic E-state index is 0.0616. The van der Waals surface area contributed by atoms with Crippen LogP contribution in [0.2, 0.25) is 0 Å². The van der Waals surface area contributed by atoms with E-state index in [0.717, 1.165) is 0 Å². The molecule has 0 heterocycles. The lowest BCUT2D eigenvalue weighted by molar-refractivity contribution is 0.481. The van der Waals surface area contributed by atoms with E-state index in [4.69, 9.17) is 10.3 Å². The summed E-state index contributed by atoms with van der Waals surface area (Å²) in [5.74, 6) is 0. The van der Waals surface area contributed by atoms with Crippen molar-refractivity contribution in [2.75, 3.05) is 5.32 Å². The van der Waals surface area contributed by atoms with Crippen LogP contribution in [0.4, 0.5) is 5.69 Å². The summed E-state index contributed by atoms with van der Waals surface area (Å²) < 4.78 is 63.5. The lowest BCUT2D eigenvalue weighted by atomic mass is 10.1. The van der Waals surface area contributed by atoms with Gasteiger partial charge in [-0.2, -0.15) is 16.8 Å². The molecule has 2 rings (SSSR count). The van der Waals surface area contributed by atoms with Gasteiger partial charge >= 0.3 is 0 Å². The van der Waals surface area contributed by atoms with Gasteiger partial charge in [0.2, 0.25) is 0 Å². The lowest BCUT2D eigenvalue weighted by Gasteiger charge is -2.08. The average Bonchev–Trinajstić information content (AvgIpc) is 2.51. The molecule has 0 atom stereocenters. The number of nitrogens with one attached hydrogen (secondary N) is 1. The molecule has 0 fully saturated rings. The van der Waals surface area contributed by atoms with Crippen LogP contribution in [0.25, 0.3) is 12.2 Å². The molecule has 0 aliphatic carbocycles. The van der Waals surface area contributed by atoms with E-state index in [0.29, 0.717) is 11.3 Å². The summed E-state index contributed by atoms with van der Waals surface area (Å²) in [6.45, 7) is 0. The molecule has 2 aromatic carbocycles. The summed E-state index contributed by atoms with van der Waals surface area (Å²) in [5, 5.41) is 2.51. The topological polar surface area (TPSA) is 147 Å². The fourth-order valence-electron chi connectivity index (χ4n) is 2.05. The second-order valence-corrected chi connectivity index (χ2v) is 8.35. The van der Waals surface area contributed by atoms with Crippen LogP contribution in [-0.4, -0.2) is 31.1 Å². The van der Waals surface area contributed by atoms with Gasteiger partial charge in [-0.3, -0.25) is 9.11 Å². The highest BCUT2D eigenvalue weighted by atomic mass is 32.2. The van der Waals surface area contributed by atoms with Gasteiger partial charge in [-0.15, -0.1) is 0 Å². The maximum Gasteiger partial charge on any atom is 0.295 e. The molecular formula is C15H14N2O6S3. The van der Waals surface area contributed by atoms with Crippen LogP contribution < -0.4 is 11.1 Å². The molecule has 0 aliphatic rings. The predicted molar refractivity (Wildman–Crippen MR) is 102 cm³/mol. The standard InChI is InChI=1S/C15H14N2O6S3/c16-15(24)17-12-6-5-11(14(9-12)26(21,22)23)4-1-10-2-7-13(8-3-10)25(18,19)20/h1-9H,(H3,16,17,24)(H,18,19,20)(H,21,22,23). The monoisotopic (exact) mass is 414 g/mol. The third-order valence-electron chi connectivity index (χ3n) is 3.19. The molecule has 0 saturated heterocycles. The Balaban J connectivity index is 2.39. The highest BCUT2D eigenvalue weighted by Gasteiger charge is 2.15. The normalized spacial score (nSPS) is 12.2. The van der Waals surface area contributed by atoms with Crippen LogP contribution in [0.1, 0.15) is 11.1 Å². The molecule has 8 nitrogen and oxygen atoms in total. The van der Waals surface area contributed by atoms with E-state index in [1.54, 1.807) is 0 Å². The highest BCUT2D eigenvalue weighted by molar-refractivity contribution is 7.86. The number of rotatable bonds is 5. The molecule has 11 heteroatoms. The van der Waals surface area contributed by atoms with Crippen molar-refractivity contribution >= 4 is 55.4 Å². The summed E-state index contributed by atoms with van der Waals surface area (Å²) in [6.07, 6.45) is 2.94. The lowest BCUT2D eigenvalue weighted by Crippen LogP contribution is -2.19. The molecule has 138 valence electrons. The van der Waals surface area contributed by atoms with Crippen LogP contribution in [-0.2, 0) is 20.2 Å². The minimum Gasteiger partial charge on any atom is -0.376 e. The maximum atomic E-state index is 11.6. The van der Waals surface area contributed by atoms with E-state index < -0.39 is 20.2 Å². The van der Waals surface area contributed by atoms with Gasteiger partial charge in [0.15, 0.2) is 5.11 Å². The summed E-state index contributed by atoms with van der Waals surface area (Å²) in [7, 11) is -8.80. The van der Waals surface area contributed by atoms with Crippen molar-refractivity contribution in [3.63, 3.8) is 0 Å². The molecule has 0 saturated carbocycles. The quantitative estimate of drug-likeness (QED) is 0.328. The van der Waals surface area contributed by atoms with E-state index in [2.05, 4.69) is 17.5 Å². The summed E-state index contributed by atoms with van der Waals surface area (Å²) >= 11 is 4.68. The summed E-state index contributed by atoms with van der Waals surface area (Å²) in [5.41, 5.74) is 6.36. The van der Waals surface area contributed by atoms with Crippen molar-refractivity contribution in [3.8, 4) is 0 Å². The van der Waals surface area contributed by atoms with Crippen molar-refractivity contribution in [2.45, 2.75) is 9.79 Å². The van der Waals surface area contributed by atoms with Gasteiger partial charge < -0.3 is 11.1 Å². The molecule has 0 aliphatic heterocycles. The fourth-order valence-corrected chi connectivity index (χ4v) is 3.36. The minimum atomic E-state index is -4.51. The Kier molecular flexibility index (Phi) is 5.78. The molecule has 0 amide bonds. The highest BCUT2D eigenvalue weighted by Crippen LogP contribution is 2.23. The number of benzene rings is 2. The van der Waals surface area contributed by atoms with Gasteiger partial charge in [0, 0.05) is 5.69 Å². The number of thiocarbonyl (C=S) groups is 1. The first-order valence-electron chi connectivity index (χ1n) is 6.90. The van der Waals surface area contributed by atoms with E-state index in [9.17, 15) is 21.4 Å². The largest absolute Gasteiger partial charge is 0.376 e. The number of hydrogen-bond donors (Lipinski definition) is 4. The van der Waals surface area contributed by atoms with Crippen molar-refractivity contribution in [1.82, 2.24) is 0 Å². The van der Waals surface area contributed by atoms with Gasteiger partial charge in [-0.1, -0.05) is 30.4 Å². The van der Waals surface area contributed by atoms with Crippen molar-refractivity contribution in [2.24, 2.45) is 5.73 Å². The molecule has 0 bridgehead atoms. The molecule has 0 aromatic heterocycles. The SMILES string of the molecule is NC(=S)Nc1ccc(C=Cc2ccc(S(=O)(=O)O)cc2)c(S(=O)(=O)O)c1. The number of hydrogen-bond acceptors (Lipinski definition) is 5. The molecular weight excluding hydrogens is 400 g/mol. The Morgan fingerprint density at radius 1 is 0.962 bits per heavy atom. The van der Waals surface area contributed by atoms with E-state index >= 15 is 0 Å². The molecule has 5 N–H and O–H groups in total. The Morgan fingerprint density at radius 3 is 2.08 bits per heavy atom. The maximum absolute atomic E-state index is 11.6. The molecule has 0 radical (unpaired) electrons. The van der Waals surface area contributed by atoms with Crippen LogP contribution in [0.5, 0.6) is 0 Å². The van der Waals surface area contributed by atoms with Crippen molar-refractivity contribution in [3.05, 3.63) is 53.6 Å². The van der Waals surface area contributed by atoms with E-state index in [-0.39, 0.29) is 20.5 Å². The van der Waals surface area contributed by atoms with Crippen molar-refractivity contribution < 1.29 is 25.9 Å². The third kappa shape index (κ3) is 5.34. The number of nitrogens with two attached hydrogens (primary N) is 1. The first-order chi connectivity index (χ1) is 12.0. The van der Waals surface area contributed by atoms with Gasteiger partial charge in [-0.05, 0) is 47.6 Å². The fraction of sp³-hybridized carbons (Fsp3) is 0. The summed E-state index contributed by atoms with van der Waals surface area (Å²) in [6, 6.07) is 9.39. The zero-order chi connectivity index (χ0) is 19.5. The number of anilines is 1. The van der Waals surface area contributed by atoms with Gasteiger partial charge in [-0.25, -0.2) is 0 Å². The Labute approximate surface area is 155 Å².